The van der Waals surface area contributed by atoms with Crippen molar-refractivity contribution in [1.29, 1.82) is 0 Å². The van der Waals surface area contributed by atoms with Crippen molar-refractivity contribution in [1.82, 2.24) is 20.2 Å². The van der Waals surface area contributed by atoms with Gasteiger partial charge in [-0.2, -0.15) is 4.80 Å². The zero-order valence-electron chi connectivity index (χ0n) is 27.3. The van der Waals surface area contributed by atoms with E-state index >= 15 is 0 Å². The number of ether oxygens (including phenoxy) is 2. The van der Waals surface area contributed by atoms with Gasteiger partial charge in [0.25, 0.3) is 5.95 Å². The van der Waals surface area contributed by atoms with Crippen LogP contribution in [0.15, 0.2) is 11.6 Å². The van der Waals surface area contributed by atoms with Gasteiger partial charge < -0.3 is 26.0 Å². The number of aromatic nitrogens is 4. The van der Waals surface area contributed by atoms with Gasteiger partial charge in [-0.25, -0.2) is 0 Å². The summed E-state index contributed by atoms with van der Waals surface area (Å²) in [6, 6.07) is -0.157. The van der Waals surface area contributed by atoms with Crippen LogP contribution in [0.4, 0.5) is 5.95 Å². The van der Waals surface area contributed by atoms with Crippen LogP contribution in [0, 0.1) is 56.7 Å². The number of nitrogen functional groups attached to an aromatic ring is 1. The van der Waals surface area contributed by atoms with Crippen molar-refractivity contribution >= 4 is 11.9 Å². The van der Waals surface area contributed by atoms with Crippen LogP contribution in [0.2, 0.25) is 0 Å². The molecule has 10 nitrogen and oxygen atoms in total. The highest BCUT2D eigenvalue weighted by atomic mass is 16.5. The van der Waals surface area contributed by atoms with Crippen molar-refractivity contribution in [3.63, 3.8) is 0 Å². The second-order valence-electron chi connectivity index (χ2n) is 16.2. The molecule has 1 aromatic rings. The molecule has 5 N–H and O–H groups in total. The Balaban J connectivity index is 1.46. The van der Waals surface area contributed by atoms with Gasteiger partial charge in [0.2, 0.25) is 0 Å². The van der Waals surface area contributed by atoms with Gasteiger partial charge in [0, 0.05) is 17.4 Å². The van der Waals surface area contributed by atoms with Gasteiger partial charge in [-0.05, 0) is 83.7 Å². The maximum atomic E-state index is 13.3. The molecule has 3 saturated carbocycles. The molecular formula is C33H54N6O4. The van der Waals surface area contributed by atoms with E-state index in [2.05, 4.69) is 70.0 Å². The van der Waals surface area contributed by atoms with Gasteiger partial charge in [-0.15, -0.1) is 5.10 Å². The third-order valence-corrected chi connectivity index (χ3v) is 14.2. The van der Waals surface area contributed by atoms with Crippen molar-refractivity contribution in [2.24, 2.45) is 62.4 Å². The van der Waals surface area contributed by atoms with Crippen LogP contribution in [-0.2, 0) is 14.3 Å². The summed E-state index contributed by atoms with van der Waals surface area (Å²) in [4.78, 5) is 15.0. The number of carboxylic acids is 1. The third kappa shape index (κ3) is 4.07. The van der Waals surface area contributed by atoms with Crippen LogP contribution in [-0.4, -0.2) is 63.8 Å². The number of nitrogens with zero attached hydrogens (tertiary/aromatic N) is 4. The minimum atomic E-state index is -0.631. The van der Waals surface area contributed by atoms with Gasteiger partial charge in [0.05, 0.1) is 31.8 Å². The molecule has 4 fully saturated rings. The number of hydrogen-bond acceptors (Lipinski definition) is 8. The molecule has 240 valence electrons. The summed E-state index contributed by atoms with van der Waals surface area (Å²) < 4.78 is 13.1. The molecule has 10 heteroatoms. The Bertz CT molecular complexity index is 1280. The van der Waals surface area contributed by atoms with Crippen LogP contribution in [0.1, 0.15) is 93.0 Å². The van der Waals surface area contributed by atoms with E-state index in [1.807, 2.05) is 0 Å². The van der Waals surface area contributed by atoms with Crippen LogP contribution in [0.3, 0.4) is 0 Å². The Morgan fingerprint density at radius 2 is 1.91 bits per heavy atom. The fourth-order valence-corrected chi connectivity index (χ4v) is 11.7. The number of fused-ring (bicyclic) bond motifs is 3. The van der Waals surface area contributed by atoms with Crippen LogP contribution in [0.25, 0.3) is 0 Å². The molecule has 1 unspecified atom stereocenters. The molecule has 2 heterocycles. The Morgan fingerprint density at radius 3 is 2.53 bits per heavy atom. The van der Waals surface area contributed by atoms with Crippen molar-refractivity contribution in [3.8, 4) is 0 Å². The Kier molecular flexibility index (Phi) is 7.37. The lowest BCUT2D eigenvalue weighted by atomic mass is 9.34. The molecule has 2 bridgehead atoms. The van der Waals surface area contributed by atoms with Gasteiger partial charge >= 0.3 is 5.97 Å². The van der Waals surface area contributed by atoms with E-state index in [4.69, 9.17) is 20.9 Å². The minimum Gasteiger partial charge on any atom is -0.481 e. The first-order valence-corrected chi connectivity index (χ1v) is 16.6. The quantitative estimate of drug-likeness (QED) is 0.378. The summed E-state index contributed by atoms with van der Waals surface area (Å²) in [5, 5.41) is 23.8. The van der Waals surface area contributed by atoms with E-state index in [0.29, 0.717) is 50.0 Å². The molecule has 1 aliphatic heterocycles. The van der Waals surface area contributed by atoms with Crippen LogP contribution in [0.5, 0.6) is 0 Å². The summed E-state index contributed by atoms with van der Waals surface area (Å²) in [6.07, 6.45) is 7.92. The fraction of sp³-hybridized carbons (Fsp3) is 0.879. The number of carboxylic acid groups (broad SMARTS) is 1. The number of nitrogens with two attached hydrogens (primary N) is 2. The Hall–Kier alpha value is -2.04. The highest BCUT2D eigenvalue weighted by Crippen LogP contribution is 2.75. The summed E-state index contributed by atoms with van der Waals surface area (Å²) >= 11 is 0. The zero-order chi connectivity index (χ0) is 31.2. The van der Waals surface area contributed by atoms with E-state index in [9.17, 15) is 9.90 Å². The van der Waals surface area contributed by atoms with Crippen LogP contribution < -0.4 is 11.5 Å². The van der Waals surface area contributed by atoms with E-state index < -0.39 is 11.9 Å². The molecule has 0 aromatic carbocycles. The molecule has 0 radical (unpaired) electrons. The molecule has 1 saturated heterocycles. The SMILES string of the molecule is CC(C)[C@@H](C)[C@@]1(C)CC[C@]2(C)[C@H]3CC[C@@H]4C5(COC[C@]4(C)[C@@H](OCCN)[C@H](n4nnc(N)n4)C5)C3=CC[C@@]2(C)[C@@H]1C(=O)O. The van der Waals surface area contributed by atoms with Gasteiger partial charge in [0.15, 0.2) is 0 Å². The molecule has 6 rings (SSSR count). The maximum Gasteiger partial charge on any atom is 0.307 e. The summed E-state index contributed by atoms with van der Waals surface area (Å²) in [5.74, 6) is 0.522. The first-order valence-electron chi connectivity index (χ1n) is 16.6. The van der Waals surface area contributed by atoms with Gasteiger partial charge in [-0.3, -0.25) is 4.79 Å². The number of anilines is 1. The minimum absolute atomic E-state index is 0.137. The third-order valence-electron chi connectivity index (χ3n) is 14.2. The first-order chi connectivity index (χ1) is 20.2. The summed E-state index contributed by atoms with van der Waals surface area (Å²) in [7, 11) is 0. The van der Waals surface area contributed by atoms with E-state index in [0.717, 1.165) is 38.5 Å². The summed E-state index contributed by atoms with van der Waals surface area (Å²) in [6.45, 7) is 18.2. The average molecular weight is 599 g/mol. The Morgan fingerprint density at radius 1 is 1.16 bits per heavy atom. The number of hydrogen-bond donors (Lipinski definition) is 3. The predicted molar refractivity (Wildman–Crippen MR) is 164 cm³/mol. The molecule has 0 amide bonds. The number of aliphatic carboxylic acids is 1. The normalized spacial score (nSPS) is 46.3. The lowest BCUT2D eigenvalue weighted by Crippen LogP contribution is -2.69. The zero-order valence-corrected chi connectivity index (χ0v) is 27.3. The maximum absolute atomic E-state index is 13.3. The van der Waals surface area contributed by atoms with Crippen molar-refractivity contribution in [2.45, 2.75) is 99.1 Å². The number of allylic oxidation sites excluding steroid dienone is 1. The van der Waals surface area contributed by atoms with Crippen molar-refractivity contribution in [2.75, 3.05) is 32.1 Å². The molecule has 11 atom stereocenters. The largest absolute Gasteiger partial charge is 0.481 e. The second kappa shape index (κ2) is 10.2. The first kappa shape index (κ1) is 31.0. The number of carbonyl (C=O) groups is 1. The van der Waals surface area contributed by atoms with Crippen molar-refractivity contribution in [3.05, 3.63) is 11.6 Å². The van der Waals surface area contributed by atoms with E-state index in [-0.39, 0.29) is 45.2 Å². The van der Waals surface area contributed by atoms with Gasteiger partial charge in [-0.1, -0.05) is 65.2 Å². The van der Waals surface area contributed by atoms with E-state index in [1.54, 1.807) is 4.80 Å². The highest BCUT2D eigenvalue weighted by Gasteiger charge is 2.72. The molecule has 43 heavy (non-hydrogen) atoms. The van der Waals surface area contributed by atoms with E-state index in [1.165, 1.54) is 5.57 Å². The molecule has 4 aliphatic carbocycles. The lowest BCUT2D eigenvalue weighted by Gasteiger charge is -2.71. The fourth-order valence-electron chi connectivity index (χ4n) is 11.7. The molecule has 5 aliphatic rings. The van der Waals surface area contributed by atoms with Crippen molar-refractivity contribution < 1.29 is 19.4 Å². The lowest BCUT2D eigenvalue weighted by molar-refractivity contribution is -0.250. The molecular weight excluding hydrogens is 544 g/mol. The monoisotopic (exact) mass is 598 g/mol. The smallest absolute Gasteiger partial charge is 0.307 e. The number of tetrazole rings is 1. The highest BCUT2D eigenvalue weighted by molar-refractivity contribution is 5.73. The number of rotatable bonds is 7. The van der Waals surface area contributed by atoms with Crippen LogP contribution >= 0.6 is 0 Å². The molecule has 1 aromatic heterocycles. The van der Waals surface area contributed by atoms with Gasteiger partial charge in [0.1, 0.15) is 6.04 Å². The standard InChI is InChI=1S/C33H54N6O4/c1-19(2)20(3)29(4)12-13-31(6)21-8-9-24-30(5)17-42-18-33(24,22(21)10-11-32(31,7)25(29)27(40)41)16-23(26(30)43-15-14-34)39-37-28(35)36-38-39/h10,19-21,23-26H,8-9,11-18,34H2,1-7H3,(H2,35,37)(H,40,41)/t20-,21+,23-,24+,25-,26+,29-,30+,31-,32+,33?/m1/s1. The predicted octanol–water partition coefficient (Wildman–Crippen LogP) is 4.73. The Labute approximate surface area is 256 Å². The average Bonchev–Trinajstić information content (AvgIpc) is 3.38. The topological polar surface area (TPSA) is 151 Å². The second-order valence-corrected chi connectivity index (χ2v) is 16.2. The summed E-state index contributed by atoms with van der Waals surface area (Å²) in [5.41, 5.74) is 12.1. The molecule has 0 spiro atoms.